The zero-order valence-corrected chi connectivity index (χ0v) is 13.9. The Labute approximate surface area is 145 Å². The van der Waals surface area contributed by atoms with E-state index >= 15 is 0 Å². The average Bonchev–Trinajstić information content (AvgIpc) is 2.61. The smallest absolute Gasteiger partial charge is 0.229 e. The minimum Gasteiger partial charge on any atom is -0.495 e. The summed E-state index contributed by atoms with van der Waals surface area (Å²) in [6.45, 7) is 0.700. The van der Waals surface area contributed by atoms with Crippen molar-refractivity contribution in [2.24, 2.45) is 0 Å². The predicted molar refractivity (Wildman–Crippen MR) is 97.1 cm³/mol. The van der Waals surface area contributed by atoms with Crippen molar-refractivity contribution in [1.29, 1.82) is 0 Å². The molecule has 2 aromatic carbocycles. The van der Waals surface area contributed by atoms with Crippen LogP contribution in [0.15, 0.2) is 60.8 Å². The van der Waals surface area contributed by atoms with Crippen LogP contribution < -0.4 is 15.4 Å². The zero-order valence-electron chi connectivity index (χ0n) is 13.2. The molecule has 0 saturated heterocycles. The quantitative estimate of drug-likeness (QED) is 0.692. The fourth-order valence-electron chi connectivity index (χ4n) is 2.18. The summed E-state index contributed by atoms with van der Waals surface area (Å²) in [6, 6.07) is 17.4. The fourth-order valence-corrected chi connectivity index (χ4v) is 2.44. The number of anilines is 3. The summed E-state index contributed by atoms with van der Waals surface area (Å²) in [6.07, 6.45) is 1.70. The van der Waals surface area contributed by atoms with Crippen LogP contribution in [0.3, 0.4) is 0 Å². The number of halogens is 1. The van der Waals surface area contributed by atoms with E-state index in [-0.39, 0.29) is 0 Å². The lowest BCUT2D eigenvalue weighted by atomic mass is 10.2. The number of nitrogens with zero attached hydrogens (tertiary/aromatic N) is 2. The maximum atomic E-state index is 6.13. The predicted octanol–water partition coefficient (Wildman–Crippen LogP) is 4.49. The van der Waals surface area contributed by atoms with Gasteiger partial charge in [0.15, 0.2) is 0 Å². The Bertz CT molecular complexity index is 811. The first-order valence-corrected chi connectivity index (χ1v) is 7.84. The third-order valence-electron chi connectivity index (χ3n) is 3.38. The molecule has 24 heavy (non-hydrogen) atoms. The first-order chi connectivity index (χ1) is 11.7. The van der Waals surface area contributed by atoms with Crippen LogP contribution >= 0.6 is 11.6 Å². The number of hydrogen-bond donors (Lipinski definition) is 2. The van der Waals surface area contributed by atoms with E-state index in [9.17, 15) is 0 Å². The summed E-state index contributed by atoms with van der Waals surface area (Å²) >= 11 is 6.13. The molecule has 0 aliphatic rings. The van der Waals surface area contributed by atoms with Crippen LogP contribution in [0.2, 0.25) is 5.02 Å². The molecule has 1 aromatic heterocycles. The average molecular weight is 341 g/mol. The Hall–Kier alpha value is -2.79. The number of methoxy groups -OCH3 is 1. The SMILES string of the molecule is COc1ccc(Nc2nccc(NCc3ccccc3)n2)cc1Cl. The van der Waals surface area contributed by atoms with Gasteiger partial charge in [0.25, 0.3) is 0 Å². The van der Waals surface area contributed by atoms with Crippen LogP contribution in [-0.2, 0) is 6.54 Å². The number of rotatable bonds is 6. The molecular formula is C18H17ClN4O. The van der Waals surface area contributed by atoms with Crippen molar-refractivity contribution in [3.63, 3.8) is 0 Å². The molecule has 0 atom stereocenters. The van der Waals surface area contributed by atoms with E-state index in [1.807, 2.05) is 30.3 Å². The molecule has 0 aliphatic carbocycles. The fraction of sp³-hybridized carbons (Fsp3) is 0.111. The lowest BCUT2D eigenvalue weighted by Gasteiger charge is -2.10. The largest absolute Gasteiger partial charge is 0.495 e. The molecule has 1 heterocycles. The molecule has 3 aromatic rings. The molecule has 3 rings (SSSR count). The van der Waals surface area contributed by atoms with Crippen LogP contribution in [0.4, 0.5) is 17.5 Å². The molecule has 0 fully saturated rings. The van der Waals surface area contributed by atoms with Crippen LogP contribution in [-0.4, -0.2) is 17.1 Å². The highest BCUT2D eigenvalue weighted by molar-refractivity contribution is 6.32. The van der Waals surface area contributed by atoms with Crippen LogP contribution in [0, 0.1) is 0 Å². The van der Waals surface area contributed by atoms with E-state index in [0.717, 1.165) is 11.5 Å². The number of ether oxygens (including phenoxy) is 1. The van der Waals surface area contributed by atoms with Crippen molar-refractivity contribution in [3.8, 4) is 5.75 Å². The van der Waals surface area contributed by atoms with Crippen LogP contribution in [0.25, 0.3) is 0 Å². The molecule has 5 nitrogen and oxygen atoms in total. The van der Waals surface area contributed by atoms with Gasteiger partial charge in [0.05, 0.1) is 12.1 Å². The molecule has 0 aliphatic heterocycles. The van der Waals surface area contributed by atoms with E-state index in [2.05, 4.69) is 32.7 Å². The standard InChI is InChI=1S/C18H17ClN4O/c1-24-16-8-7-14(11-15(16)19)22-18-20-10-9-17(23-18)21-12-13-5-3-2-4-6-13/h2-11H,12H2,1H3,(H2,20,21,22,23). The highest BCUT2D eigenvalue weighted by Gasteiger charge is 2.04. The number of nitrogens with one attached hydrogen (secondary N) is 2. The lowest BCUT2D eigenvalue weighted by Crippen LogP contribution is -2.04. The third kappa shape index (κ3) is 4.14. The van der Waals surface area contributed by atoms with Gasteiger partial charge in [0, 0.05) is 18.4 Å². The Morgan fingerprint density at radius 3 is 2.67 bits per heavy atom. The van der Waals surface area contributed by atoms with Crippen molar-refractivity contribution in [2.75, 3.05) is 17.7 Å². The van der Waals surface area contributed by atoms with Crippen molar-refractivity contribution >= 4 is 29.1 Å². The van der Waals surface area contributed by atoms with Gasteiger partial charge in [0.2, 0.25) is 5.95 Å². The van der Waals surface area contributed by atoms with E-state index < -0.39 is 0 Å². The number of benzene rings is 2. The minimum atomic E-state index is 0.495. The Morgan fingerprint density at radius 2 is 1.92 bits per heavy atom. The van der Waals surface area contributed by atoms with Crippen LogP contribution in [0.5, 0.6) is 5.75 Å². The molecule has 0 amide bonds. The van der Waals surface area contributed by atoms with Gasteiger partial charge in [-0.25, -0.2) is 4.98 Å². The van der Waals surface area contributed by atoms with Gasteiger partial charge in [-0.3, -0.25) is 0 Å². The van der Waals surface area contributed by atoms with Crippen molar-refractivity contribution in [1.82, 2.24) is 9.97 Å². The molecular weight excluding hydrogens is 324 g/mol. The Balaban J connectivity index is 1.67. The highest BCUT2D eigenvalue weighted by atomic mass is 35.5. The molecule has 0 spiro atoms. The second-order valence-corrected chi connectivity index (χ2v) is 5.49. The third-order valence-corrected chi connectivity index (χ3v) is 3.68. The van der Waals surface area contributed by atoms with Crippen molar-refractivity contribution in [2.45, 2.75) is 6.54 Å². The van der Waals surface area contributed by atoms with E-state index in [1.54, 1.807) is 25.4 Å². The summed E-state index contributed by atoms with van der Waals surface area (Å²) in [4.78, 5) is 8.67. The number of aromatic nitrogens is 2. The van der Waals surface area contributed by atoms with Gasteiger partial charge in [0.1, 0.15) is 11.6 Å². The highest BCUT2D eigenvalue weighted by Crippen LogP contribution is 2.28. The van der Waals surface area contributed by atoms with Gasteiger partial charge in [-0.2, -0.15) is 4.98 Å². The first-order valence-electron chi connectivity index (χ1n) is 7.46. The Morgan fingerprint density at radius 1 is 1.08 bits per heavy atom. The normalized spacial score (nSPS) is 10.2. The molecule has 6 heteroatoms. The molecule has 2 N–H and O–H groups in total. The van der Waals surface area contributed by atoms with Gasteiger partial charge < -0.3 is 15.4 Å². The van der Waals surface area contributed by atoms with Gasteiger partial charge in [-0.05, 0) is 29.8 Å². The van der Waals surface area contributed by atoms with E-state index in [0.29, 0.717) is 23.3 Å². The first kappa shape index (κ1) is 16.1. The second-order valence-electron chi connectivity index (χ2n) is 5.08. The van der Waals surface area contributed by atoms with Gasteiger partial charge in [-0.15, -0.1) is 0 Å². The van der Waals surface area contributed by atoms with Gasteiger partial charge in [-0.1, -0.05) is 41.9 Å². The monoisotopic (exact) mass is 340 g/mol. The maximum absolute atomic E-state index is 6.13. The summed E-state index contributed by atoms with van der Waals surface area (Å²) in [5.41, 5.74) is 1.98. The summed E-state index contributed by atoms with van der Waals surface area (Å²) in [7, 11) is 1.58. The van der Waals surface area contributed by atoms with Crippen molar-refractivity contribution < 1.29 is 4.74 Å². The second kappa shape index (κ2) is 7.66. The molecule has 0 saturated carbocycles. The number of hydrogen-bond acceptors (Lipinski definition) is 5. The minimum absolute atomic E-state index is 0.495. The van der Waals surface area contributed by atoms with Crippen LogP contribution in [0.1, 0.15) is 5.56 Å². The zero-order chi connectivity index (χ0) is 16.8. The van der Waals surface area contributed by atoms with Gasteiger partial charge >= 0.3 is 0 Å². The van der Waals surface area contributed by atoms with Crippen molar-refractivity contribution in [3.05, 3.63) is 71.4 Å². The molecule has 122 valence electrons. The van der Waals surface area contributed by atoms with E-state index in [1.165, 1.54) is 5.56 Å². The lowest BCUT2D eigenvalue weighted by molar-refractivity contribution is 0.415. The summed E-state index contributed by atoms with van der Waals surface area (Å²) < 4.78 is 5.14. The summed E-state index contributed by atoms with van der Waals surface area (Å²) in [5.74, 6) is 1.87. The molecule has 0 unspecified atom stereocenters. The molecule has 0 bridgehead atoms. The molecule has 0 radical (unpaired) electrons. The topological polar surface area (TPSA) is 59.1 Å². The Kier molecular flexibility index (Phi) is 5.13. The maximum Gasteiger partial charge on any atom is 0.229 e. The van der Waals surface area contributed by atoms with E-state index in [4.69, 9.17) is 16.3 Å². The summed E-state index contributed by atoms with van der Waals surface area (Å²) in [5, 5.41) is 6.94.